The van der Waals surface area contributed by atoms with Gasteiger partial charge in [0.1, 0.15) is 0 Å². The van der Waals surface area contributed by atoms with Crippen LogP contribution in [0.5, 0.6) is 0 Å². The minimum Gasteiger partial charge on any atom is -0.343 e. The van der Waals surface area contributed by atoms with Crippen LogP contribution in [-0.2, 0) is 6.54 Å². The first-order valence-electron chi connectivity index (χ1n) is 6.55. The van der Waals surface area contributed by atoms with Gasteiger partial charge in [0.05, 0.1) is 12.1 Å². The van der Waals surface area contributed by atoms with Crippen LogP contribution < -0.4 is 10.6 Å². The fourth-order valence-electron chi connectivity index (χ4n) is 3.16. The fraction of sp³-hybridized carbons (Fsp3) is 0.188. The summed E-state index contributed by atoms with van der Waals surface area (Å²) in [6, 6.07) is 16.5. The molecule has 0 aliphatic carbocycles. The molecule has 0 radical (unpaired) electrons. The molecule has 2 aromatic rings. The van der Waals surface area contributed by atoms with Crippen LogP contribution in [0.4, 0.5) is 0 Å². The first kappa shape index (κ1) is 10.8. The lowest BCUT2D eigenvalue weighted by molar-refractivity contribution is 0.0950. The molecule has 1 amide bonds. The molecule has 3 heteroatoms. The minimum atomic E-state index is 0.0341. The van der Waals surface area contributed by atoms with Gasteiger partial charge in [0.25, 0.3) is 5.91 Å². The van der Waals surface area contributed by atoms with Crippen LogP contribution in [0.25, 0.3) is 0 Å². The van der Waals surface area contributed by atoms with Gasteiger partial charge in [-0.05, 0) is 22.8 Å². The van der Waals surface area contributed by atoms with Gasteiger partial charge in [0.2, 0.25) is 0 Å². The van der Waals surface area contributed by atoms with Gasteiger partial charge in [0.15, 0.2) is 0 Å². The molecule has 4 rings (SSSR count). The Morgan fingerprint density at radius 3 is 2.53 bits per heavy atom. The normalized spacial score (nSPS) is 23.9. The van der Waals surface area contributed by atoms with E-state index in [1.165, 1.54) is 11.1 Å². The minimum absolute atomic E-state index is 0.0341. The van der Waals surface area contributed by atoms with Gasteiger partial charge in [-0.15, -0.1) is 0 Å². The lowest BCUT2D eigenvalue weighted by Crippen LogP contribution is -2.29. The molecule has 2 heterocycles. The molecule has 2 aliphatic rings. The van der Waals surface area contributed by atoms with E-state index in [-0.39, 0.29) is 18.0 Å². The number of fused-ring (bicyclic) bond motifs is 2. The molecule has 2 aromatic carbocycles. The second kappa shape index (κ2) is 3.93. The van der Waals surface area contributed by atoms with Gasteiger partial charge >= 0.3 is 0 Å². The van der Waals surface area contributed by atoms with E-state index in [0.717, 1.165) is 17.7 Å². The van der Waals surface area contributed by atoms with Crippen molar-refractivity contribution in [3.8, 4) is 0 Å². The van der Waals surface area contributed by atoms with E-state index in [1.807, 2.05) is 24.3 Å². The van der Waals surface area contributed by atoms with Crippen molar-refractivity contribution in [1.29, 1.82) is 0 Å². The number of rotatable bonds is 1. The van der Waals surface area contributed by atoms with Gasteiger partial charge < -0.3 is 10.6 Å². The van der Waals surface area contributed by atoms with Crippen molar-refractivity contribution in [3.63, 3.8) is 0 Å². The van der Waals surface area contributed by atoms with E-state index in [2.05, 4.69) is 34.9 Å². The smallest absolute Gasteiger partial charge is 0.252 e. The third-order valence-electron chi connectivity index (χ3n) is 4.06. The molecule has 2 N–H and O–H groups in total. The van der Waals surface area contributed by atoms with Crippen LogP contribution in [0, 0.1) is 0 Å². The summed E-state index contributed by atoms with van der Waals surface area (Å²) in [6.45, 7) is 0.870. The topological polar surface area (TPSA) is 41.1 Å². The average molecular weight is 250 g/mol. The summed E-state index contributed by atoms with van der Waals surface area (Å²) in [6.07, 6.45) is 0. The van der Waals surface area contributed by atoms with E-state index in [1.54, 1.807) is 0 Å². The van der Waals surface area contributed by atoms with Gasteiger partial charge in [0, 0.05) is 12.1 Å². The largest absolute Gasteiger partial charge is 0.343 e. The first-order chi connectivity index (χ1) is 9.34. The van der Waals surface area contributed by atoms with Gasteiger partial charge in [-0.2, -0.15) is 0 Å². The van der Waals surface area contributed by atoms with Crippen LogP contribution >= 0.6 is 0 Å². The summed E-state index contributed by atoms with van der Waals surface area (Å²) >= 11 is 0. The molecule has 2 atom stereocenters. The third-order valence-corrected chi connectivity index (χ3v) is 4.06. The molecule has 2 aliphatic heterocycles. The van der Waals surface area contributed by atoms with Crippen LogP contribution in [0.3, 0.4) is 0 Å². The second-order valence-corrected chi connectivity index (χ2v) is 5.10. The van der Waals surface area contributed by atoms with Crippen LogP contribution in [-0.4, -0.2) is 5.91 Å². The van der Waals surface area contributed by atoms with Crippen LogP contribution in [0.15, 0.2) is 48.5 Å². The zero-order valence-electron chi connectivity index (χ0n) is 10.4. The van der Waals surface area contributed by atoms with E-state index >= 15 is 0 Å². The van der Waals surface area contributed by atoms with Gasteiger partial charge in [-0.3, -0.25) is 4.79 Å². The summed E-state index contributed by atoms with van der Waals surface area (Å²) in [7, 11) is 0. The number of benzene rings is 2. The Kier molecular flexibility index (Phi) is 2.23. The molecular weight excluding hydrogens is 236 g/mol. The Morgan fingerprint density at radius 1 is 0.895 bits per heavy atom. The Morgan fingerprint density at radius 2 is 1.63 bits per heavy atom. The van der Waals surface area contributed by atoms with E-state index in [4.69, 9.17) is 0 Å². The Balaban J connectivity index is 1.78. The standard InChI is InChI=1S/C16H14N2O/c19-16-13-8-4-3-7-12(13)15(18-16)14-11-6-2-1-5-10(11)9-17-14/h1-8,14-15,17H,9H2,(H,18,19). The van der Waals surface area contributed by atoms with Crippen molar-refractivity contribution in [2.24, 2.45) is 0 Å². The number of carbonyl (C=O) groups is 1. The highest BCUT2D eigenvalue weighted by Crippen LogP contribution is 2.39. The third kappa shape index (κ3) is 1.52. The van der Waals surface area contributed by atoms with Crippen molar-refractivity contribution >= 4 is 5.91 Å². The Bertz CT molecular complexity index is 665. The lowest BCUT2D eigenvalue weighted by atomic mass is 9.94. The highest BCUT2D eigenvalue weighted by atomic mass is 16.2. The summed E-state index contributed by atoms with van der Waals surface area (Å²) in [5, 5.41) is 6.61. The SMILES string of the molecule is O=C1NC(C2NCc3ccccc32)c2ccccc21. The number of carbonyl (C=O) groups excluding carboxylic acids is 1. The number of amides is 1. The maximum Gasteiger partial charge on any atom is 0.252 e. The molecule has 0 saturated heterocycles. The molecule has 94 valence electrons. The predicted octanol–water partition coefficient (Wildman–Crippen LogP) is 2.32. The van der Waals surface area contributed by atoms with Crippen LogP contribution in [0.1, 0.15) is 39.1 Å². The molecule has 19 heavy (non-hydrogen) atoms. The number of nitrogens with one attached hydrogen (secondary N) is 2. The quantitative estimate of drug-likeness (QED) is 0.815. The molecule has 0 bridgehead atoms. The summed E-state index contributed by atoms with van der Waals surface area (Å²) in [5.41, 5.74) is 4.52. The van der Waals surface area contributed by atoms with Crippen molar-refractivity contribution in [3.05, 3.63) is 70.8 Å². The molecule has 2 unspecified atom stereocenters. The Labute approximate surface area is 111 Å². The van der Waals surface area contributed by atoms with E-state index < -0.39 is 0 Å². The van der Waals surface area contributed by atoms with Crippen molar-refractivity contribution in [2.75, 3.05) is 0 Å². The second-order valence-electron chi connectivity index (χ2n) is 5.10. The van der Waals surface area contributed by atoms with Crippen molar-refractivity contribution < 1.29 is 4.79 Å². The molecule has 0 aromatic heterocycles. The molecule has 0 spiro atoms. The van der Waals surface area contributed by atoms with Crippen molar-refractivity contribution in [1.82, 2.24) is 10.6 Å². The molecule has 3 nitrogen and oxygen atoms in total. The molecule has 0 saturated carbocycles. The highest BCUT2D eigenvalue weighted by molar-refractivity contribution is 5.99. The van der Waals surface area contributed by atoms with Crippen molar-refractivity contribution in [2.45, 2.75) is 18.6 Å². The van der Waals surface area contributed by atoms with Gasteiger partial charge in [-0.25, -0.2) is 0 Å². The van der Waals surface area contributed by atoms with E-state index in [0.29, 0.717) is 0 Å². The fourth-order valence-corrected chi connectivity index (χ4v) is 3.16. The Hall–Kier alpha value is -2.13. The van der Waals surface area contributed by atoms with Crippen LogP contribution in [0.2, 0.25) is 0 Å². The monoisotopic (exact) mass is 250 g/mol. The zero-order chi connectivity index (χ0) is 12.8. The average Bonchev–Trinajstić information content (AvgIpc) is 3.01. The predicted molar refractivity (Wildman–Crippen MR) is 72.7 cm³/mol. The first-order valence-corrected chi connectivity index (χ1v) is 6.55. The van der Waals surface area contributed by atoms with E-state index in [9.17, 15) is 4.79 Å². The summed E-state index contributed by atoms with van der Waals surface area (Å²) in [4.78, 5) is 12.0. The summed E-state index contributed by atoms with van der Waals surface area (Å²) in [5.74, 6) is 0.0341. The lowest BCUT2D eigenvalue weighted by Gasteiger charge is -2.21. The zero-order valence-corrected chi connectivity index (χ0v) is 10.4. The molecule has 0 fully saturated rings. The maximum atomic E-state index is 12.0. The highest BCUT2D eigenvalue weighted by Gasteiger charge is 2.37. The maximum absolute atomic E-state index is 12.0. The number of hydrogen-bond acceptors (Lipinski definition) is 2. The summed E-state index contributed by atoms with van der Waals surface area (Å²) < 4.78 is 0. The number of hydrogen-bond donors (Lipinski definition) is 2. The molecular formula is C16H14N2O. The van der Waals surface area contributed by atoms with Gasteiger partial charge in [-0.1, -0.05) is 42.5 Å².